The summed E-state index contributed by atoms with van der Waals surface area (Å²) >= 11 is 0. The monoisotopic (exact) mass is 279 g/mol. The lowest BCUT2D eigenvalue weighted by molar-refractivity contribution is 0.0159. The van der Waals surface area contributed by atoms with E-state index in [9.17, 15) is 4.79 Å². The van der Waals surface area contributed by atoms with Crippen LogP contribution in [0.25, 0.3) is 0 Å². The number of anilines is 1. The second-order valence-electron chi connectivity index (χ2n) is 5.09. The van der Waals surface area contributed by atoms with Crippen molar-refractivity contribution in [2.75, 3.05) is 31.2 Å². The van der Waals surface area contributed by atoms with E-state index in [-0.39, 0.29) is 12.7 Å². The van der Waals surface area contributed by atoms with Gasteiger partial charge in [0.25, 0.3) is 0 Å². The van der Waals surface area contributed by atoms with Gasteiger partial charge in [-0.05, 0) is 43.5 Å². The molecule has 110 valence electrons. The highest BCUT2D eigenvalue weighted by atomic mass is 16.5. The Morgan fingerprint density at radius 2 is 2.10 bits per heavy atom. The summed E-state index contributed by atoms with van der Waals surface area (Å²) in [5.41, 5.74) is 2.21. The smallest absolute Gasteiger partial charge is 0.335 e. The van der Waals surface area contributed by atoms with Crippen LogP contribution in [-0.4, -0.2) is 48.6 Å². The number of hydrogen-bond acceptors (Lipinski definition) is 4. The predicted octanol–water partition coefficient (Wildman–Crippen LogP) is 1.67. The molecule has 1 aliphatic heterocycles. The molecule has 1 fully saturated rings. The number of hydrogen-bond donors (Lipinski definition) is 2. The fraction of sp³-hybridized carbons (Fsp3) is 0.533. The Hall–Kier alpha value is -1.59. The van der Waals surface area contributed by atoms with E-state index < -0.39 is 5.97 Å². The summed E-state index contributed by atoms with van der Waals surface area (Å²) in [5, 5.41) is 17.8. The fourth-order valence-electron chi connectivity index (χ4n) is 2.58. The van der Waals surface area contributed by atoms with Crippen LogP contribution in [-0.2, 0) is 4.74 Å². The molecule has 1 saturated heterocycles. The summed E-state index contributed by atoms with van der Waals surface area (Å²) < 4.78 is 5.54. The van der Waals surface area contributed by atoms with Gasteiger partial charge in [0.1, 0.15) is 0 Å². The summed E-state index contributed by atoms with van der Waals surface area (Å²) in [6.07, 6.45) is 2.08. The minimum atomic E-state index is -0.884. The van der Waals surface area contributed by atoms with Crippen molar-refractivity contribution in [3.8, 4) is 0 Å². The molecular weight excluding hydrogens is 258 g/mol. The highest BCUT2D eigenvalue weighted by Gasteiger charge is 2.20. The minimum absolute atomic E-state index is 0.0655. The molecule has 0 spiro atoms. The molecular formula is C15H21NO4. The zero-order chi connectivity index (χ0) is 14.5. The van der Waals surface area contributed by atoms with Crippen molar-refractivity contribution in [3.05, 3.63) is 29.3 Å². The minimum Gasteiger partial charge on any atom is -0.478 e. The average Bonchev–Trinajstić information content (AvgIpc) is 2.45. The lowest BCUT2D eigenvalue weighted by Crippen LogP contribution is -2.37. The Bertz CT molecular complexity index is 467. The predicted molar refractivity (Wildman–Crippen MR) is 76.4 cm³/mol. The number of carbonyl (C=O) groups is 1. The van der Waals surface area contributed by atoms with E-state index in [4.69, 9.17) is 14.9 Å². The number of benzene rings is 1. The van der Waals surface area contributed by atoms with Gasteiger partial charge in [-0.3, -0.25) is 0 Å². The highest BCUT2D eigenvalue weighted by molar-refractivity contribution is 5.89. The quantitative estimate of drug-likeness (QED) is 0.858. The molecule has 1 aromatic rings. The van der Waals surface area contributed by atoms with Crippen LogP contribution in [0.4, 0.5) is 5.69 Å². The lowest BCUT2D eigenvalue weighted by atomic mass is 10.0. The van der Waals surface area contributed by atoms with Crippen LogP contribution >= 0.6 is 0 Å². The number of carboxylic acids is 1. The average molecular weight is 279 g/mol. The molecule has 1 aromatic carbocycles. The molecule has 2 N–H and O–H groups in total. The van der Waals surface area contributed by atoms with Crippen LogP contribution in [0.2, 0.25) is 0 Å². The first-order valence-electron chi connectivity index (χ1n) is 6.93. The van der Waals surface area contributed by atoms with Crippen LogP contribution in [0.5, 0.6) is 0 Å². The third kappa shape index (κ3) is 3.49. The third-order valence-corrected chi connectivity index (χ3v) is 3.69. The molecule has 0 amide bonds. The molecule has 2 rings (SSSR count). The third-order valence-electron chi connectivity index (χ3n) is 3.69. The zero-order valence-electron chi connectivity index (χ0n) is 11.7. The van der Waals surface area contributed by atoms with Crippen molar-refractivity contribution >= 4 is 11.7 Å². The van der Waals surface area contributed by atoms with Gasteiger partial charge in [-0.15, -0.1) is 0 Å². The van der Waals surface area contributed by atoms with Gasteiger partial charge in [-0.2, -0.15) is 0 Å². The first-order valence-corrected chi connectivity index (χ1v) is 6.93. The number of carboxylic acid groups (broad SMARTS) is 1. The Kier molecular flexibility index (Phi) is 4.98. The maximum absolute atomic E-state index is 11.0. The fourth-order valence-corrected chi connectivity index (χ4v) is 2.58. The summed E-state index contributed by atoms with van der Waals surface area (Å²) in [6, 6.07) is 5.46. The van der Waals surface area contributed by atoms with Crippen molar-refractivity contribution < 1.29 is 19.7 Å². The molecule has 0 bridgehead atoms. The zero-order valence-corrected chi connectivity index (χ0v) is 11.7. The Balaban J connectivity index is 1.97. The Morgan fingerprint density at radius 1 is 1.40 bits per heavy atom. The SMILES string of the molecule is Cc1cc(N2CCC(OCCO)CC2)ccc1C(=O)O. The van der Waals surface area contributed by atoms with Gasteiger partial charge in [0.05, 0.1) is 24.9 Å². The Morgan fingerprint density at radius 3 is 2.65 bits per heavy atom. The van der Waals surface area contributed by atoms with E-state index in [1.165, 1.54) is 0 Å². The van der Waals surface area contributed by atoms with Crippen LogP contribution in [0, 0.1) is 6.92 Å². The molecule has 0 unspecified atom stereocenters. The normalized spacial score (nSPS) is 16.4. The number of aromatic carboxylic acids is 1. The van der Waals surface area contributed by atoms with Gasteiger partial charge in [0.2, 0.25) is 0 Å². The van der Waals surface area contributed by atoms with E-state index in [2.05, 4.69) is 4.90 Å². The maximum Gasteiger partial charge on any atom is 0.335 e. The molecule has 0 atom stereocenters. The summed E-state index contributed by atoms with van der Waals surface area (Å²) in [7, 11) is 0. The van der Waals surface area contributed by atoms with E-state index in [1.54, 1.807) is 6.07 Å². The van der Waals surface area contributed by atoms with Crippen molar-refractivity contribution in [1.29, 1.82) is 0 Å². The van der Waals surface area contributed by atoms with Crippen LogP contribution in [0.3, 0.4) is 0 Å². The van der Waals surface area contributed by atoms with Gasteiger partial charge >= 0.3 is 5.97 Å². The van der Waals surface area contributed by atoms with E-state index >= 15 is 0 Å². The molecule has 1 aliphatic rings. The molecule has 5 heteroatoms. The first-order chi connectivity index (χ1) is 9.61. The van der Waals surface area contributed by atoms with Crippen LogP contribution < -0.4 is 4.90 Å². The number of ether oxygens (including phenoxy) is 1. The summed E-state index contributed by atoms with van der Waals surface area (Å²) in [4.78, 5) is 13.2. The number of nitrogens with zero attached hydrogens (tertiary/aromatic N) is 1. The largest absolute Gasteiger partial charge is 0.478 e. The van der Waals surface area contributed by atoms with Crippen LogP contribution in [0.1, 0.15) is 28.8 Å². The number of piperidine rings is 1. The highest BCUT2D eigenvalue weighted by Crippen LogP contribution is 2.24. The van der Waals surface area contributed by atoms with Crippen LogP contribution in [0.15, 0.2) is 18.2 Å². The standard InChI is InChI=1S/C15H21NO4/c1-11-10-12(2-3-14(11)15(18)19)16-6-4-13(5-7-16)20-9-8-17/h2-3,10,13,17H,4-9H2,1H3,(H,18,19). The number of aliphatic hydroxyl groups is 1. The van der Waals surface area contributed by atoms with E-state index in [0.29, 0.717) is 12.2 Å². The second kappa shape index (κ2) is 6.72. The number of aryl methyl sites for hydroxylation is 1. The van der Waals surface area contributed by atoms with E-state index in [0.717, 1.165) is 37.2 Å². The van der Waals surface area contributed by atoms with Gasteiger partial charge in [0, 0.05) is 18.8 Å². The molecule has 0 aromatic heterocycles. The number of aliphatic hydroxyl groups excluding tert-OH is 1. The van der Waals surface area contributed by atoms with Gasteiger partial charge in [-0.1, -0.05) is 0 Å². The van der Waals surface area contributed by atoms with Gasteiger partial charge in [0.15, 0.2) is 0 Å². The summed E-state index contributed by atoms with van der Waals surface area (Å²) in [6.45, 7) is 4.07. The lowest BCUT2D eigenvalue weighted by Gasteiger charge is -2.33. The van der Waals surface area contributed by atoms with Crippen molar-refractivity contribution in [2.24, 2.45) is 0 Å². The number of rotatable bonds is 5. The molecule has 0 radical (unpaired) electrons. The molecule has 20 heavy (non-hydrogen) atoms. The second-order valence-corrected chi connectivity index (χ2v) is 5.09. The van der Waals surface area contributed by atoms with E-state index in [1.807, 2.05) is 19.1 Å². The molecule has 0 aliphatic carbocycles. The molecule has 5 nitrogen and oxygen atoms in total. The van der Waals surface area contributed by atoms with Crippen molar-refractivity contribution in [1.82, 2.24) is 0 Å². The molecule has 0 saturated carbocycles. The van der Waals surface area contributed by atoms with Gasteiger partial charge in [-0.25, -0.2) is 4.79 Å². The summed E-state index contributed by atoms with van der Waals surface area (Å²) in [5.74, 6) is -0.884. The Labute approximate surface area is 118 Å². The first kappa shape index (κ1) is 14.8. The maximum atomic E-state index is 11.0. The van der Waals surface area contributed by atoms with Crippen molar-refractivity contribution in [2.45, 2.75) is 25.9 Å². The molecule has 1 heterocycles. The van der Waals surface area contributed by atoms with Crippen molar-refractivity contribution in [3.63, 3.8) is 0 Å². The topological polar surface area (TPSA) is 70.0 Å². The van der Waals surface area contributed by atoms with Gasteiger partial charge < -0.3 is 19.8 Å².